The van der Waals surface area contributed by atoms with Gasteiger partial charge in [0.1, 0.15) is 5.78 Å². The van der Waals surface area contributed by atoms with Gasteiger partial charge in [-0.3, -0.25) is 9.69 Å². The second-order valence-corrected chi connectivity index (χ2v) is 7.11. The maximum absolute atomic E-state index is 12.9. The quantitative estimate of drug-likeness (QED) is 0.817. The van der Waals surface area contributed by atoms with E-state index in [1.54, 1.807) is 6.07 Å². The maximum Gasteiger partial charge on any atom is 0.416 e. The third kappa shape index (κ3) is 4.75. The van der Waals surface area contributed by atoms with E-state index in [4.69, 9.17) is 0 Å². The van der Waals surface area contributed by atoms with Crippen molar-refractivity contribution in [2.75, 3.05) is 37.6 Å². The van der Waals surface area contributed by atoms with E-state index >= 15 is 0 Å². The number of hydrogen-bond donors (Lipinski definition) is 0. The minimum Gasteiger partial charge on any atom is -0.369 e. The predicted molar refractivity (Wildman–Crippen MR) is 91.7 cm³/mol. The Labute approximate surface area is 146 Å². The van der Waals surface area contributed by atoms with Crippen LogP contribution in [0.25, 0.3) is 0 Å². The highest BCUT2D eigenvalue weighted by Gasteiger charge is 2.31. The standard InChI is InChI=1S/C19H25F3N2O/c20-19(21,22)16-7-4-8-17(13-16)24-11-9-23(10-12-24)14-18(25)15-5-2-1-3-6-15/h4,7-8,13,15H,1-3,5-6,9-12,14H2. The first-order chi connectivity index (χ1) is 11.9. The molecule has 1 saturated carbocycles. The van der Waals surface area contributed by atoms with Crippen molar-refractivity contribution in [1.82, 2.24) is 4.90 Å². The summed E-state index contributed by atoms with van der Waals surface area (Å²) in [6.07, 6.45) is 1.26. The van der Waals surface area contributed by atoms with Crippen LogP contribution < -0.4 is 4.90 Å². The van der Waals surface area contributed by atoms with E-state index in [9.17, 15) is 18.0 Å². The molecule has 138 valence electrons. The van der Waals surface area contributed by atoms with Crippen LogP contribution in [0.3, 0.4) is 0 Å². The zero-order valence-corrected chi connectivity index (χ0v) is 14.4. The molecule has 1 heterocycles. The van der Waals surface area contributed by atoms with Gasteiger partial charge in [0.2, 0.25) is 0 Å². The summed E-state index contributed by atoms with van der Waals surface area (Å²) in [4.78, 5) is 16.5. The fourth-order valence-corrected chi connectivity index (χ4v) is 3.82. The molecule has 1 aromatic carbocycles. The summed E-state index contributed by atoms with van der Waals surface area (Å²) in [7, 11) is 0. The molecule has 0 atom stereocenters. The Morgan fingerprint density at radius 1 is 1.04 bits per heavy atom. The van der Waals surface area contributed by atoms with Gasteiger partial charge in [0.15, 0.2) is 0 Å². The van der Waals surface area contributed by atoms with Gasteiger partial charge in [-0.1, -0.05) is 25.3 Å². The van der Waals surface area contributed by atoms with Gasteiger partial charge in [-0.2, -0.15) is 13.2 Å². The van der Waals surface area contributed by atoms with Crippen molar-refractivity contribution in [2.24, 2.45) is 5.92 Å². The molecule has 0 radical (unpaired) electrons. The molecule has 0 bridgehead atoms. The van der Waals surface area contributed by atoms with Crippen molar-refractivity contribution in [1.29, 1.82) is 0 Å². The highest BCUT2D eigenvalue weighted by atomic mass is 19.4. The van der Waals surface area contributed by atoms with Crippen molar-refractivity contribution in [2.45, 2.75) is 38.3 Å². The highest BCUT2D eigenvalue weighted by Crippen LogP contribution is 2.32. The molecule has 0 N–H and O–H groups in total. The number of nitrogens with zero attached hydrogens (tertiary/aromatic N) is 2. The Kier molecular flexibility index (Phi) is 5.67. The van der Waals surface area contributed by atoms with E-state index < -0.39 is 11.7 Å². The van der Waals surface area contributed by atoms with Crippen molar-refractivity contribution in [3.63, 3.8) is 0 Å². The molecule has 1 aliphatic heterocycles. The van der Waals surface area contributed by atoms with Crippen LogP contribution in [0.2, 0.25) is 0 Å². The Morgan fingerprint density at radius 3 is 2.36 bits per heavy atom. The van der Waals surface area contributed by atoms with Gasteiger partial charge >= 0.3 is 6.18 Å². The van der Waals surface area contributed by atoms with Crippen LogP contribution in [0.4, 0.5) is 18.9 Å². The number of carbonyl (C=O) groups is 1. The zero-order valence-electron chi connectivity index (χ0n) is 14.4. The maximum atomic E-state index is 12.9. The first-order valence-corrected chi connectivity index (χ1v) is 9.11. The Bertz CT molecular complexity index is 589. The average molecular weight is 354 g/mol. The van der Waals surface area contributed by atoms with Crippen LogP contribution in [0.1, 0.15) is 37.7 Å². The number of halogens is 3. The predicted octanol–water partition coefficient (Wildman–Crippen LogP) is 3.98. The van der Waals surface area contributed by atoms with Crippen LogP contribution in [-0.4, -0.2) is 43.4 Å². The van der Waals surface area contributed by atoms with E-state index in [1.165, 1.54) is 18.6 Å². The lowest BCUT2D eigenvalue weighted by atomic mass is 9.86. The van der Waals surface area contributed by atoms with E-state index in [2.05, 4.69) is 4.90 Å². The fourth-order valence-electron chi connectivity index (χ4n) is 3.82. The SMILES string of the molecule is O=C(CN1CCN(c2cccc(C(F)(F)F)c2)CC1)C1CCCCC1. The minimum absolute atomic E-state index is 0.218. The van der Waals surface area contributed by atoms with Gasteiger partial charge in [-0.05, 0) is 31.0 Å². The lowest BCUT2D eigenvalue weighted by Gasteiger charge is -2.36. The van der Waals surface area contributed by atoms with Gasteiger partial charge < -0.3 is 4.90 Å². The highest BCUT2D eigenvalue weighted by molar-refractivity contribution is 5.83. The van der Waals surface area contributed by atoms with Crippen LogP contribution in [0.5, 0.6) is 0 Å². The van der Waals surface area contributed by atoms with Gasteiger partial charge in [0, 0.05) is 37.8 Å². The second-order valence-electron chi connectivity index (χ2n) is 7.11. The van der Waals surface area contributed by atoms with Crippen LogP contribution >= 0.6 is 0 Å². The number of Topliss-reactive ketones (excluding diaryl/α,β-unsaturated/α-hetero) is 1. The van der Waals surface area contributed by atoms with E-state index in [-0.39, 0.29) is 5.92 Å². The number of alkyl halides is 3. The third-order valence-electron chi connectivity index (χ3n) is 5.35. The van der Waals surface area contributed by atoms with E-state index in [1.807, 2.05) is 4.90 Å². The normalized spacial score (nSPS) is 20.7. The number of piperazine rings is 1. The summed E-state index contributed by atoms with van der Waals surface area (Å²) in [6, 6.07) is 5.49. The molecule has 25 heavy (non-hydrogen) atoms. The number of anilines is 1. The molecule has 2 aliphatic rings. The third-order valence-corrected chi connectivity index (χ3v) is 5.35. The molecule has 0 spiro atoms. The van der Waals surface area contributed by atoms with Crippen LogP contribution in [-0.2, 0) is 11.0 Å². The van der Waals surface area contributed by atoms with Crippen LogP contribution in [0.15, 0.2) is 24.3 Å². The van der Waals surface area contributed by atoms with Gasteiger partial charge in [0.25, 0.3) is 0 Å². The van der Waals surface area contributed by atoms with Gasteiger partial charge in [0.05, 0.1) is 12.1 Å². The molecule has 1 aliphatic carbocycles. The summed E-state index contributed by atoms with van der Waals surface area (Å²) in [5.41, 5.74) is -0.00649. The molecular formula is C19H25F3N2O. The van der Waals surface area contributed by atoms with Crippen molar-refractivity contribution >= 4 is 11.5 Å². The number of rotatable bonds is 4. The number of benzene rings is 1. The summed E-state index contributed by atoms with van der Waals surface area (Å²) in [6.45, 7) is 3.23. The molecule has 2 fully saturated rings. The van der Waals surface area contributed by atoms with E-state index in [0.717, 1.165) is 31.7 Å². The lowest BCUT2D eigenvalue weighted by molar-refractivity contribution is -0.137. The van der Waals surface area contributed by atoms with Gasteiger partial charge in [-0.25, -0.2) is 0 Å². The summed E-state index contributed by atoms with van der Waals surface area (Å²) in [5, 5.41) is 0. The minimum atomic E-state index is -4.32. The molecule has 3 nitrogen and oxygen atoms in total. The largest absolute Gasteiger partial charge is 0.416 e. The van der Waals surface area contributed by atoms with Crippen molar-refractivity contribution in [3.8, 4) is 0 Å². The number of ketones is 1. The second kappa shape index (κ2) is 7.77. The van der Waals surface area contributed by atoms with Gasteiger partial charge in [-0.15, -0.1) is 0 Å². The fraction of sp³-hybridized carbons (Fsp3) is 0.632. The lowest BCUT2D eigenvalue weighted by Crippen LogP contribution is -2.48. The number of hydrogen-bond acceptors (Lipinski definition) is 3. The molecule has 0 unspecified atom stereocenters. The van der Waals surface area contributed by atoms with E-state index in [0.29, 0.717) is 44.2 Å². The molecule has 1 saturated heterocycles. The smallest absolute Gasteiger partial charge is 0.369 e. The molecule has 0 aromatic heterocycles. The Hall–Kier alpha value is -1.56. The summed E-state index contributed by atoms with van der Waals surface area (Å²) in [5.74, 6) is 0.558. The molecule has 1 aromatic rings. The van der Waals surface area contributed by atoms with Crippen molar-refractivity contribution < 1.29 is 18.0 Å². The summed E-state index contributed by atoms with van der Waals surface area (Å²) < 4.78 is 38.6. The molecule has 0 amide bonds. The average Bonchev–Trinajstić information content (AvgIpc) is 2.62. The number of carbonyl (C=O) groups excluding carboxylic acids is 1. The van der Waals surface area contributed by atoms with Crippen LogP contribution in [0, 0.1) is 5.92 Å². The first-order valence-electron chi connectivity index (χ1n) is 9.11. The molecule has 3 rings (SSSR count). The molecule has 6 heteroatoms. The van der Waals surface area contributed by atoms with Crippen molar-refractivity contribution in [3.05, 3.63) is 29.8 Å². The molecular weight excluding hydrogens is 329 g/mol. The zero-order chi connectivity index (χ0) is 17.9. The Morgan fingerprint density at radius 2 is 1.72 bits per heavy atom. The monoisotopic (exact) mass is 354 g/mol. The summed E-state index contributed by atoms with van der Waals surface area (Å²) >= 11 is 0. The Balaban J connectivity index is 1.52. The first kappa shape index (κ1) is 18.2. The topological polar surface area (TPSA) is 23.6 Å².